The maximum absolute atomic E-state index is 5.44. The van der Waals surface area contributed by atoms with Crippen molar-refractivity contribution in [1.29, 1.82) is 0 Å². The van der Waals surface area contributed by atoms with E-state index in [1.807, 2.05) is 0 Å². The Morgan fingerprint density at radius 1 is 1.29 bits per heavy atom. The molecular weight excluding hydrogens is 264 g/mol. The molecule has 2 rings (SSSR count). The molecule has 2 unspecified atom stereocenters. The lowest BCUT2D eigenvalue weighted by Crippen LogP contribution is -2.53. The molecule has 1 aliphatic rings. The summed E-state index contributed by atoms with van der Waals surface area (Å²) in [5, 5.41) is 3.62. The van der Waals surface area contributed by atoms with Crippen molar-refractivity contribution in [2.45, 2.75) is 51.6 Å². The molecule has 0 saturated carbocycles. The molecule has 2 heterocycles. The largest absolute Gasteiger partial charge is 0.480 e. The van der Waals surface area contributed by atoms with E-state index < -0.39 is 0 Å². The summed E-state index contributed by atoms with van der Waals surface area (Å²) < 4.78 is 5.44. The van der Waals surface area contributed by atoms with Gasteiger partial charge in [-0.1, -0.05) is 13.8 Å². The van der Waals surface area contributed by atoms with E-state index in [2.05, 4.69) is 41.0 Å². The van der Waals surface area contributed by atoms with Crippen molar-refractivity contribution in [2.75, 3.05) is 26.7 Å². The van der Waals surface area contributed by atoms with Crippen molar-refractivity contribution in [2.24, 2.45) is 0 Å². The molecule has 0 bridgehead atoms. The number of likely N-dealkylation sites (tertiary alicyclic amines) is 1. The molecule has 0 aliphatic carbocycles. The molecule has 1 aromatic rings. The first kappa shape index (κ1) is 16.2. The number of likely N-dealkylation sites (N-methyl/N-ethyl adjacent to an activating group) is 1. The Morgan fingerprint density at radius 3 is 2.52 bits per heavy atom. The summed E-state index contributed by atoms with van der Waals surface area (Å²) >= 11 is 0. The molecule has 0 spiro atoms. The van der Waals surface area contributed by atoms with Gasteiger partial charge in [0.25, 0.3) is 0 Å². The van der Waals surface area contributed by atoms with Crippen LogP contribution in [0.3, 0.4) is 0 Å². The molecule has 5 nitrogen and oxygen atoms in total. The van der Waals surface area contributed by atoms with E-state index in [4.69, 9.17) is 4.74 Å². The van der Waals surface area contributed by atoms with Crippen LogP contribution in [0.5, 0.6) is 5.88 Å². The lowest BCUT2D eigenvalue weighted by Gasteiger charge is -2.44. The Bertz CT molecular complexity index is 448. The van der Waals surface area contributed by atoms with Gasteiger partial charge < -0.3 is 10.1 Å². The Kier molecular flexibility index (Phi) is 5.53. The van der Waals surface area contributed by atoms with E-state index in [1.165, 1.54) is 12.8 Å². The number of rotatable bonds is 7. The summed E-state index contributed by atoms with van der Waals surface area (Å²) in [6.45, 7) is 9.94. The van der Waals surface area contributed by atoms with Crippen molar-refractivity contribution in [1.82, 2.24) is 20.2 Å². The van der Waals surface area contributed by atoms with E-state index in [-0.39, 0.29) is 11.6 Å². The third-order valence-electron chi connectivity index (χ3n) is 4.73. The van der Waals surface area contributed by atoms with Crippen molar-refractivity contribution in [3.05, 3.63) is 18.1 Å². The van der Waals surface area contributed by atoms with E-state index in [0.29, 0.717) is 5.88 Å². The highest BCUT2D eigenvalue weighted by Crippen LogP contribution is 2.38. The van der Waals surface area contributed by atoms with Gasteiger partial charge in [0.05, 0.1) is 13.2 Å². The highest BCUT2D eigenvalue weighted by molar-refractivity contribution is 5.25. The van der Waals surface area contributed by atoms with Crippen LogP contribution in [0.25, 0.3) is 0 Å². The summed E-state index contributed by atoms with van der Waals surface area (Å²) in [5.41, 5.74) is 0.939. The van der Waals surface area contributed by atoms with Gasteiger partial charge in [-0.25, -0.2) is 4.98 Å². The molecule has 5 heteroatoms. The normalized spacial score (nSPS) is 20.2. The third kappa shape index (κ3) is 3.19. The van der Waals surface area contributed by atoms with Gasteiger partial charge >= 0.3 is 0 Å². The van der Waals surface area contributed by atoms with Crippen LogP contribution in [0, 0.1) is 0 Å². The number of ether oxygens (including phenoxy) is 1. The maximum atomic E-state index is 5.44. The molecule has 1 N–H and O–H groups in total. The first-order valence-corrected chi connectivity index (χ1v) is 8.00. The molecule has 1 saturated heterocycles. The van der Waals surface area contributed by atoms with Crippen LogP contribution in [-0.4, -0.2) is 47.2 Å². The Hall–Kier alpha value is -1.20. The summed E-state index contributed by atoms with van der Waals surface area (Å²) in [6.07, 6.45) is 7.06. The molecule has 0 amide bonds. The SMILES string of the molecule is CCNC(c1nccnc1OC)C(C)(CC)N1CCCC1. The zero-order valence-corrected chi connectivity index (χ0v) is 13.7. The first-order valence-electron chi connectivity index (χ1n) is 8.00. The van der Waals surface area contributed by atoms with Gasteiger partial charge in [-0.2, -0.15) is 0 Å². The quantitative estimate of drug-likeness (QED) is 0.836. The number of nitrogens with zero attached hydrogens (tertiary/aromatic N) is 3. The van der Waals surface area contributed by atoms with Gasteiger partial charge in [0, 0.05) is 17.9 Å². The molecule has 1 fully saturated rings. The number of hydrogen-bond acceptors (Lipinski definition) is 5. The molecule has 118 valence electrons. The number of hydrogen-bond donors (Lipinski definition) is 1. The fourth-order valence-electron chi connectivity index (χ4n) is 3.34. The Morgan fingerprint density at radius 2 is 1.95 bits per heavy atom. The average molecular weight is 292 g/mol. The van der Waals surface area contributed by atoms with E-state index in [0.717, 1.165) is 31.7 Å². The van der Waals surface area contributed by atoms with Crippen molar-refractivity contribution >= 4 is 0 Å². The second-order valence-electron chi connectivity index (χ2n) is 5.85. The fraction of sp³-hybridized carbons (Fsp3) is 0.750. The number of aromatic nitrogens is 2. The molecule has 1 aliphatic heterocycles. The summed E-state index contributed by atoms with van der Waals surface area (Å²) in [4.78, 5) is 11.5. The summed E-state index contributed by atoms with van der Waals surface area (Å²) in [5.74, 6) is 0.627. The predicted octanol–water partition coefficient (Wildman–Crippen LogP) is 2.40. The van der Waals surface area contributed by atoms with Gasteiger partial charge in [0.15, 0.2) is 0 Å². The minimum atomic E-state index is 0.0236. The van der Waals surface area contributed by atoms with E-state index in [9.17, 15) is 0 Å². The molecular formula is C16H28N4O. The second kappa shape index (κ2) is 7.18. The molecule has 0 aromatic carbocycles. The van der Waals surface area contributed by atoms with Gasteiger partial charge in [0.1, 0.15) is 5.69 Å². The predicted molar refractivity (Wildman–Crippen MR) is 84.5 cm³/mol. The lowest BCUT2D eigenvalue weighted by atomic mass is 9.85. The molecule has 21 heavy (non-hydrogen) atoms. The van der Waals surface area contributed by atoms with Gasteiger partial charge in [-0.3, -0.25) is 9.88 Å². The average Bonchev–Trinajstić information content (AvgIpc) is 3.07. The minimum absolute atomic E-state index is 0.0236. The maximum Gasteiger partial charge on any atom is 0.237 e. The summed E-state index contributed by atoms with van der Waals surface area (Å²) in [6, 6.07) is 0.120. The fourth-order valence-corrected chi connectivity index (χ4v) is 3.34. The van der Waals surface area contributed by atoms with Crippen molar-refractivity contribution in [3.8, 4) is 5.88 Å². The van der Waals surface area contributed by atoms with Crippen molar-refractivity contribution < 1.29 is 4.74 Å². The Balaban J connectivity index is 2.40. The molecule has 0 radical (unpaired) electrons. The van der Waals surface area contributed by atoms with Gasteiger partial charge in [-0.15, -0.1) is 0 Å². The van der Waals surface area contributed by atoms with Gasteiger partial charge in [0.2, 0.25) is 5.88 Å². The molecule has 2 atom stereocenters. The second-order valence-corrected chi connectivity index (χ2v) is 5.85. The van der Waals surface area contributed by atoms with Crippen LogP contribution in [0.4, 0.5) is 0 Å². The van der Waals surface area contributed by atoms with Gasteiger partial charge in [-0.05, 0) is 45.8 Å². The van der Waals surface area contributed by atoms with Crippen LogP contribution < -0.4 is 10.1 Å². The van der Waals surface area contributed by atoms with E-state index >= 15 is 0 Å². The van der Waals surface area contributed by atoms with Crippen LogP contribution in [0.15, 0.2) is 12.4 Å². The minimum Gasteiger partial charge on any atom is -0.480 e. The number of methoxy groups -OCH3 is 1. The summed E-state index contributed by atoms with van der Waals surface area (Å²) in [7, 11) is 1.66. The lowest BCUT2D eigenvalue weighted by molar-refractivity contribution is 0.0813. The van der Waals surface area contributed by atoms with Crippen LogP contribution >= 0.6 is 0 Å². The van der Waals surface area contributed by atoms with Crippen LogP contribution in [0.1, 0.15) is 51.8 Å². The zero-order valence-electron chi connectivity index (χ0n) is 13.7. The smallest absolute Gasteiger partial charge is 0.237 e. The number of nitrogens with one attached hydrogen (secondary N) is 1. The van der Waals surface area contributed by atoms with E-state index in [1.54, 1.807) is 19.5 Å². The zero-order chi connectivity index (χ0) is 15.3. The Labute approximate surface area is 128 Å². The topological polar surface area (TPSA) is 50.3 Å². The molecule has 1 aromatic heterocycles. The van der Waals surface area contributed by atoms with Crippen LogP contribution in [-0.2, 0) is 0 Å². The monoisotopic (exact) mass is 292 g/mol. The standard InChI is InChI=1S/C16H28N4O/c1-5-16(3,20-11-7-8-12-20)14(17-6-2)13-15(21-4)19-10-9-18-13/h9-10,14,17H,5-8,11-12H2,1-4H3. The highest BCUT2D eigenvalue weighted by atomic mass is 16.5. The third-order valence-corrected chi connectivity index (χ3v) is 4.73. The highest BCUT2D eigenvalue weighted by Gasteiger charge is 2.42. The van der Waals surface area contributed by atoms with Crippen LogP contribution in [0.2, 0.25) is 0 Å². The van der Waals surface area contributed by atoms with Crippen molar-refractivity contribution in [3.63, 3.8) is 0 Å². The first-order chi connectivity index (χ1) is 10.2.